The monoisotopic (exact) mass is 218 g/mol. The molecule has 2 rings (SSSR count). The minimum atomic E-state index is 0.715. The van der Waals surface area contributed by atoms with Gasteiger partial charge in [-0.2, -0.15) is 0 Å². The molecule has 2 aromatic rings. The van der Waals surface area contributed by atoms with E-state index in [4.69, 9.17) is 4.74 Å². The smallest absolute Gasteiger partial charge is 0.119 e. The zero-order chi connectivity index (χ0) is 10.7. The standard InChI is InChI=1S/C13H14OS/c1-3-14-12-6-4-5-11(9-12)13-8-7-10(2)15-13/h4-9H,3H2,1-2H3. The Balaban J connectivity index is 2.32. The minimum Gasteiger partial charge on any atom is -0.494 e. The SMILES string of the molecule is CCOc1cccc(-c2ccc(C)s2)c1. The molecule has 1 aromatic heterocycles. The Kier molecular flexibility index (Phi) is 3.07. The zero-order valence-corrected chi connectivity index (χ0v) is 9.80. The first kappa shape index (κ1) is 10.2. The first-order valence-corrected chi connectivity index (χ1v) is 5.91. The molecule has 0 amide bonds. The molecule has 1 heterocycles. The highest BCUT2D eigenvalue weighted by Crippen LogP contribution is 2.29. The molecule has 78 valence electrons. The van der Waals surface area contributed by atoms with Crippen molar-refractivity contribution < 1.29 is 4.74 Å². The number of hydrogen-bond donors (Lipinski definition) is 0. The number of rotatable bonds is 3. The van der Waals surface area contributed by atoms with Crippen LogP contribution in [0.5, 0.6) is 5.75 Å². The van der Waals surface area contributed by atoms with Gasteiger partial charge in [-0.25, -0.2) is 0 Å². The lowest BCUT2D eigenvalue weighted by Crippen LogP contribution is -1.90. The molecule has 0 aliphatic rings. The fourth-order valence-corrected chi connectivity index (χ4v) is 2.36. The summed E-state index contributed by atoms with van der Waals surface area (Å²) in [6.07, 6.45) is 0. The van der Waals surface area contributed by atoms with Gasteiger partial charge in [0.2, 0.25) is 0 Å². The van der Waals surface area contributed by atoms with Gasteiger partial charge in [0.1, 0.15) is 5.75 Å². The molecule has 0 N–H and O–H groups in total. The topological polar surface area (TPSA) is 9.23 Å². The molecule has 1 nitrogen and oxygen atoms in total. The van der Waals surface area contributed by atoms with Gasteiger partial charge in [0.15, 0.2) is 0 Å². The van der Waals surface area contributed by atoms with Crippen LogP contribution in [0.25, 0.3) is 10.4 Å². The Morgan fingerprint density at radius 2 is 2.07 bits per heavy atom. The van der Waals surface area contributed by atoms with Gasteiger partial charge in [-0.3, -0.25) is 0 Å². The summed E-state index contributed by atoms with van der Waals surface area (Å²) in [6.45, 7) is 4.84. The van der Waals surface area contributed by atoms with Gasteiger partial charge in [0.05, 0.1) is 6.61 Å². The van der Waals surface area contributed by atoms with E-state index in [0.717, 1.165) is 5.75 Å². The van der Waals surface area contributed by atoms with Crippen LogP contribution in [0.1, 0.15) is 11.8 Å². The highest BCUT2D eigenvalue weighted by atomic mass is 32.1. The third-order valence-corrected chi connectivity index (χ3v) is 3.22. The van der Waals surface area contributed by atoms with E-state index in [9.17, 15) is 0 Å². The maximum atomic E-state index is 5.48. The summed E-state index contributed by atoms with van der Waals surface area (Å²) in [6, 6.07) is 12.5. The van der Waals surface area contributed by atoms with Gasteiger partial charge in [-0.05, 0) is 43.7 Å². The van der Waals surface area contributed by atoms with Gasteiger partial charge in [-0.15, -0.1) is 11.3 Å². The Morgan fingerprint density at radius 1 is 1.20 bits per heavy atom. The van der Waals surface area contributed by atoms with Crippen molar-refractivity contribution in [3.63, 3.8) is 0 Å². The van der Waals surface area contributed by atoms with E-state index in [-0.39, 0.29) is 0 Å². The zero-order valence-electron chi connectivity index (χ0n) is 8.99. The highest BCUT2D eigenvalue weighted by molar-refractivity contribution is 7.15. The van der Waals surface area contributed by atoms with Gasteiger partial charge >= 0.3 is 0 Å². The number of aryl methyl sites for hydroxylation is 1. The second kappa shape index (κ2) is 4.49. The molecule has 0 spiro atoms. The van der Waals surface area contributed by atoms with Crippen LogP contribution in [-0.4, -0.2) is 6.61 Å². The predicted molar refractivity (Wildman–Crippen MR) is 65.7 cm³/mol. The van der Waals surface area contributed by atoms with Crippen molar-refractivity contribution in [2.24, 2.45) is 0 Å². The second-order valence-corrected chi connectivity index (χ2v) is 4.66. The number of ether oxygens (including phenoxy) is 1. The molecule has 0 aliphatic heterocycles. The summed E-state index contributed by atoms with van der Waals surface area (Å²) in [5.41, 5.74) is 1.24. The number of benzene rings is 1. The third-order valence-electron chi connectivity index (χ3n) is 2.17. The summed E-state index contributed by atoms with van der Waals surface area (Å²) >= 11 is 1.81. The quantitative estimate of drug-likeness (QED) is 0.753. The molecule has 0 aliphatic carbocycles. The first-order chi connectivity index (χ1) is 7.29. The molecule has 0 bridgehead atoms. The van der Waals surface area contributed by atoms with E-state index < -0.39 is 0 Å². The molecule has 1 aromatic carbocycles. The maximum absolute atomic E-state index is 5.48. The van der Waals surface area contributed by atoms with E-state index >= 15 is 0 Å². The third kappa shape index (κ3) is 2.39. The lowest BCUT2D eigenvalue weighted by atomic mass is 10.2. The summed E-state index contributed by atoms with van der Waals surface area (Å²) in [5.74, 6) is 0.945. The Morgan fingerprint density at radius 3 is 2.73 bits per heavy atom. The number of hydrogen-bond acceptors (Lipinski definition) is 2. The largest absolute Gasteiger partial charge is 0.494 e. The lowest BCUT2D eigenvalue weighted by molar-refractivity contribution is 0.340. The van der Waals surface area contributed by atoms with Gasteiger partial charge < -0.3 is 4.74 Å². The second-order valence-electron chi connectivity index (χ2n) is 3.37. The average Bonchev–Trinajstić information content (AvgIpc) is 2.66. The summed E-state index contributed by atoms with van der Waals surface area (Å²) < 4.78 is 5.48. The molecule has 15 heavy (non-hydrogen) atoms. The van der Waals surface area contributed by atoms with E-state index in [0.29, 0.717) is 6.61 Å². The van der Waals surface area contributed by atoms with E-state index in [2.05, 4.69) is 31.2 Å². The van der Waals surface area contributed by atoms with Gasteiger partial charge in [0, 0.05) is 9.75 Å². The van der Waals surface area contributed by atoms with Gasteiger partial charge in [-0.1, -0.05) is 12.1 Å². The Hall–Kier alpha value is -1.28. The van der Waals surface area contributed by atoms with Crippen LogP contribution in [0.4, 0.5) is 0 Å². The van der Waals surface area contributed by atoms with Crippen molar-refractivity contribution in [2.45, 2.75) is 13.8 Å². The molecule has 0 radical (unpaired) electrons. The van der Waals surface area contributed by atoms with Crippen LogP contribution in [0.2, 0.25) is 0 Å². The van der Waals surface area contributed by atoms with Crippen molar-refractivity contribution in [1.82, 2.24) is 0 Å². The molecular formula is C13H14OS. The van der Waals surface area contributed by atoms with Crippen LogP contribution in [-0.2, 0) is 0 Å². The molecule has 2 heteroatoms. The molecule has 0 fully saturated rings. The lowest BCUT2D eigenvalue weighted by Gasteiger charge is -2.04. The van der Waals surface area contributed by atoms with Crippen LogP contribution >= 0.6 is 11.3 Å². The average molecular weight is 218 g/mol. The normalized spacial score (nSPS) is 10.3. The summed E-state index contributed by atoms with van der Waals surface area (Å²) in [7, 11) is 0. The molecule has 0 atom stereocenters. The molecular weight excluding hydrogens is 204 g/mol. The predicted octanol–water partition coefficient (Wildman–Crippen LogP) is 4.12. The van der Waals surface area contributed by atoms with Crippen LogP contribution < -0.4 is 4.74 Å². The highest BCUT2D eigenvalue weighted by Gasteiger charge is 2.01. The van der Waals surface area contributed by atoms with Crippen molar-refractivity contribution in [1.29, 1.82) is 0 Å². The van der Waals surface area contributed by atoms with E-state index in [1.165, 1.54) is 15.3 Å². The van der Waals surface area contributed by atoms with E-state index in [1.54, 1.807) is 0 Å². The Bertz CT molecular complexity index is 445. The first-order valence-electron chi connectivity index (χ1n) is 5.09. The Labute approximate surface area is 94.3 Å². The fourth-order valence-electron chi connectivity index (χ4n) is 1.50. The fraction of sp³-hybridized carbons (Fsp3) is 0.231. The molecule has 0 saturated heterocycles. The maximum Gasteiger partial charge on any atom is 0.119 e. The van der Waals surface area contributed by atoms with Crippen molar-refractivity contribution in [2.75, 3.05) is 6.61 Å². The van der Waals surface area contributed by atoms with Crippen LogP contribution in [0, 0.1) is 6.92 Å². The minimum absolute atomic E-state index is 0.715. The van der Waals surface area contributed by atoms with Gasteiger partial charge in [0.25, 0.3) is 0 Å². The van der Waals surface area contributed by atoms with Crippen LogP contribution in [0.3, 0.4) is 0 Å². The molecule has 0 unspecified atom stereocenters. The summed E-state index contributed by atoms with van der Waals surface area (Å²) in [5, 5.41) is 0. The number of thiophene rings is 1. The van der Waals surface area contributed by atoms with Crippen LogP contribution in [0.15, 0.2) is 36.4 Å². The van der Waals surface area contributed by atoms with Crippen molar-refractivity contribution in [3.05, 3.63) is 41.3 Å². The van der Waals surface area contributed by atoms with Crippen molar-refractivity contribution >= 4 is 11.3 Å². The summed E-state index contributed by atoms with van der Waals surface area (Å²) in [4.78, 5) is 2.64. The molecule has 0 saturated carbocycles. The van der Waals surface area contributed by atoms with E-state index in [1.807, 2.05) is 30.4 Å². The van der Waals surface area contributed by atoms with Crippen molar-refractivity contribution in [3.8, 4) is 16.2 Å².